The number of carbonyl (C=O) groups is 1. The molecule has 0 fully saturated rings. The van der Waals surface area contributed by atoms with Crippen LogP contribution in [0.25, 0.3) is 0 Å². The number of carboxylic acids is 1. The molecule has 0 aliphatic rings. The maximum atomic E-state index is 14.2. The second-order valence-corrected chi connectivity index (χ2v) is 11.0. The van der Waals surface area contributed by atoms with E-state index in [0.29, 0.717) is 4.88 Å². The summed E-state index contributed by atoms with van der Waals surface area (Å²) in [4.78, 5) is 10.4. The quantitative estimate of drug-likeness (QED) is 0.254. The van der Waals surface area contributed by atoms with Gasteiger partial charge in [0, 0.05) is 22.6 Å². The summed E-state index contributed by atoms with van der Waals surface area (Å²) in [5.41, 5.74) is 0. The Bertz CT molecular complexity index is 1210. The van der Waals surface area contributed by atoms with Gasteiger partial charge in [0.05, 0.1) is 10.9 Å². The van der Waals surface area contributed by atoms with Gasteiger partial charge in [0.1, 0.15) is 5.82 Å². The van der Waals surface area contributed by atoms with Crippen LogP contribution in [-0.2, 0) is 21.2 Å². The summed E-state index contributed by atoms with van der Waals surface area (Å²) in [7, 11) is -4.65. The number of rotatable bonds is 13. The number of aliphatic carboxylic acids is 1. The van der Waals surface area contributed by atoms with E-state index in [9.17, 15) is 57.1 Å². The zero-order valence-electron chi connectivity index (χ0n) is 18.8. The zero-order valence-corrected chi connectivity index (χ0v) is 20.5. The van der Waals surface area contributed by atoms with Crippen LogP contribution in [0.5, 0.6) is 0 Å². The fourth-order valence-electron chi connectivity index (χ4n) is 3.15. The van der Waals surface area contributed by atoms with E-state index < -0.39 is 69.5 Å². The second kappa shape index (κ2) is 11.4. The van der Waals surface area contributed by atoms with E-state index >= 15 is 0 Å². The number of carboxylic acid groups (broad SMARTS) is 1. The molecule has 38 heavy (non-hydrogen) atoms. The summed E-state index contributed by atoms with van der Waals surface area (Å²) in [6.45, 7) is 0. The van der Waals surface area contributed by atoms with Crippen LogP contribution in [0, 0.1) is 5.82 Å². The molecular formula is C21H19F10NO4S2. The average molecular weight is 604 g/mol. The standard InChI is InChI=1S/C21H19F10NO4S2/c22-12-4-7-14(8-5-12)38(35,36)32-15(16-9-6-13(37-16)2-1-3-17(33)34)10-11-18(23,24)19(25,26)20(27,28)21(29,30)31/h4-9,15,32H,1-3,10-11H2,(H,33,34). The van der Waals surface area contributed by atoms with Gasteiger partial charge in [-0.2, -0.15) is 39.5 Å². The highest BCUT2D eigenvalue weighted by molar-refractivity contribution is 7.89. The Labute approximate surface area is 213 Å². The smallest absolute Gasteiger partial charge is 0.460 e. The summed E-state index contributed by atoms with van der Waals surface area (Å²) < 4.78 is 160. The SMILES string of the molecule is O=C(O)CCCc1ccc(C(CCC(F)(F)C(F)(F)C(F)(F)C(F)(F)F)NS(=O)(=O)c2ccc(F)cc2)s1. The lowest BCUT2D eigenvalue weighted by atomic mass is 9.97. The Kier molecular flexibility index (Phi) is 9.52. The summed E-state index contributed by atoms with van der Waals surface area (Å²) in [6, 6.07) is 3.78. The maximum Gasteiger partial charge on any atom is 0.460 e. The number of hydrogen-bond donors (Lipinski definition) is 2. The van der Waals surface area contributed by atoms with Gasteiger partial charge in [-0.1, -0.05) is 0 Å². The monoisotopic (exact) mass is 603 g/mol. The Morgan fingerprint density at radius 2 is 1.50 bits per heavy atom. The van der Waals surface area contributed by atoms with Crippen molar-refractivity contribution in [1.82, 2.24) is 4.72 Å². The molecular weight excluding hydrogens is 584 g/mol. The van der Waals surface area contributed by atoms with Gasteiger partial charge in [-0.3, -0.25) is 4.79 Å². The molecule has 0 aliphatic carbocycles. The fourth-order valence-corrected chi connectivity index (χ4v) is 5.61. The Balaban J connectivity index is 2.36. The molecule has 1 atom stereocenters. The highest BCUT2D eigenvalue weighted by Gasteiger charge is 2.81. The first kappa shape index (κ1) is 31.8. The van der Waals surface area contributed by atoms with Crippen molar-refractivity contribution in [2.24, 2.45) is 0 Å². The third kappa shape index (κ3) is 7.16. The number of benzene rings is 1. The van der Waals surface area contributed by atoms with Crippen LogP contribution >= 0.6 is 11.3 Å². The lowest BCUT2D eigenvalue weighted by Crippen LogP contribution is -2.60. The van der Waals surface area contributed by atoms with Crippen LogP contribution in [0.1, 0.15) is 41.5 Å². The number of aryl methyl sites for hydroxylation is 1. The predicted molar refractivity (Wildman–Crippen MR) is 114 cm³/mol. The molecule has 0 amide bonds. The van der Waals surface area contributed by atoms with Gasteiger partial charge in [0.25, 0.3) is 0 Å². The first-order valence-electron chi connectivity index (χ1n) is 10.5. The lowest BCUT2D eigenvalue weighted by Gasteiger charge is -2.34. The molecule has 2 rings (SSSR count). The number of thiophene rings is 1. The van der Waals surface area contributed by atoms with Crippen molar-refractivity contribution in [3.8, 4) is 0 Å². The summed E-state index contributed by atoms with van der Waals surface area (Å²) >= 11 is 0.758. The molecule has 0 spiro atoms. The number of hydrogen-bond acceptors (Lipinski definition) is 4. The molecule has 0 bridgehead atoms. The maximum absolute atomic E-state index is 14.2. The van der Waals surface area contributed by atoms with E-state index in [0.717, 1.165) is 35.6 Å². The van der Waals surface area contributed by atoms with E-state index in [1.165, 1.54) is 12.1 Å². The molecule has 1 aromatic carbocycles. The van der Waals surface area contributed by atoms with Crippen molar-refractivity contribution >= 4 is 27.3 Å². The normalized spacial score (nSPS) is 14.5. The van der Waals surface area contributed by atoms with Crippen LogP contribution in [-0.4, -0.2) is 43.4 Å². The van der Waals surface area contributed by atoms with Gasteiger partial charge in [-0.15, -0.1) is 11.3 Å². The molecule has 1 heterocycles. The average Bonchev–Trinajstić information content (AvgIpc) is 3.24. The summed E-state index contributed by atoms with van der Waals surface area (Å²) in [5.74, 6) is -21.8. The molecule has 5 nitrogen and oxygen atoms in total. The summed E-state index contributed by atoms with van der Waals surface area (Å²) in [5, 5.41) is 8.70. The van der Waals surface area contributed by atoms with Crippen LogP contribution in [0.2, 0.25) is 0 Å². The number of halogens is 10. The zero-order chi connectivity index (χ0) is 29.2. The molecule has 0 radical (unpaired) electrons. The molecule has 0 saturated carbocycles. The molecule has 2 N–H and O–H groups in total. The van der Waals surface area contributed by atoms with Crippen molar-refractivity contribution < 1.29 is 62.2 Å². The Morgan fingerprint density at radius 1 is 0.921 bits per heavy atom. The third-order valence-electron chi connectivity index (χ3n) is 5.22. The molecule has 17 heteroatoms. The fraction of sp³-hybridized carbons (Fsp3) is 0.476. The molecule has 1 aromatic heterocycles. The van der Waals surface area contributed by atoms with E-state index in [2.05, 4.69) is 0 Å². The molecule has 214 valence electrons. The van der Waals surface area contributed by atoms with E-state index in [-0.39, 0.29) is 24.1 Å². The lowest BCUT2D eigenvalue weighted by molar-refractivity contribution is -0.396. The van der Waals surface area contributed by atoms with Gasteiger partial charge in [0.2, 0.25) is 10.0 Å². The highest BCUT2D eigenvalue weighted by Crippen LogP contribution is 2.54. The van der Waals surface area contributed by atoms with Crippen LogP contribution in [0.3, 0.4) is 0 Å². The number of nitrogens with one attached hydrogen (secondary N) is 1. The number of sulfonamides is 1. The molecule has 2 aromatic rings. The molecule has 1 unspecified atom stereocenters. The molecule has 0 saturated heterocycles. The van der Waals surface area contributed by atoms with E-state index in [1.807, 2.05) is 4.72 Å². The van der Waals surface area contributed by atoms with E-state index in [1.54, 1.807) is 0 Å². The second-order valence-electron chi connectivity index (χ2n) is 8.07. The van der Waals surface area contributed by atoms with Crippen LogP contribution in [0.4, 0.5) is 43.9 Å². The van der Waals surface area contributed by atoms with Crippen molar-refractivity contribution in [2.75, 3.05) is 0 Å². The minimum atomic E-state index is -7.09. The molecule has 0 aliphatic heterocycles. The minimum Gasteiger partial charge on any atom is -0.481 e. The van der Waals surface area contributed by atoms with Crippen molar-refractivity contribution in [3.05, 3.63) is 52.0 Å². The van der Waals surface area contributed by atoms with Gasteiger partial charge >= 0.3 is 29.9 Å². The number of alkyl halides is 9. The predicted octanol–water partition coefficient (Wildman–Crippen LogP) is 6.56. The van der Waals surface area contributed by atoms with Crippen LogP contribution in [0.15, 0.2) is 41.3 Å². The van der Waals surface area contributed by atoms with Gasteiger partial charge in [-0.25, -0.2) is 17.5 Å². The highest BCUT2D eigenvalue weighted by atomic mass is 32.2. The first-order chi connectivity index (χ1) is 17.2. The van der Waals surface area contributed by atoms with E-state index in [4.69, 9.17) is 5.11 Å². The van der Waals surface area contributed by atoms with Gasteiger partial charge < -0.3 is 5.11 Å². The Hall–Kier alpha value is -2.40. The van der Waals surface area contributed by atoms with Crippen LogP contribution < -0.4 is 4.72 Å². The Morgan fingerprint density at radius 3 is 2.03 bits per heavy atom. The first-order valence-corrected chi connectivity index (χ1v) is 12.8. The van der Waals surface area contributed by atoms with Gasteiger partial charge in [0.15, 0.2) is 0 Å². The van der Waals surface area contributed by atoms with Crippen molar-refractivity contribution in [2.45, 2.75) is 67.0 Å². The largest absolute Gasteiger partial charge is 0.481 e. The van der Waals surface area contributed by atoms with Crippen molar-refractivity contribution in [1.29, 1.82) is 0 Å². The summed E-state index contributed by atoms with van der Waals surface area (Å²) in [6.07, 6.45) is -10.6. The van der Waals surface area contributed by atoms with Gasteiger partial charge in [-0.05, 0) is 55.7 Å². The van der Waals surface area contributed by atoms with Crippen molar-refractivity contribution in [3.63, 3.8) is 0 Å². The third-order valence-corrected chi connectivity index (χ3v) is 7.96. The minimum absolute atomic E-state index is 0.0947. The topological polar surface area (TPSA) is 83.5 Å².